The largest absolute Gasteiger partial charge is 0.494 e. The van der Waals surface area contributed by atoms with Crippen LogP contribution in [0.1, 0.15) is 22.3 Å². The fourth-order valence-electron chi connectivity index (χ4n) is 14.6. The zero-order valence-electron chi connectivity index (χ0n) is 78.0. The molecule has 0 atom stereocenters. The van der Waals surface area contributed by atoms with E-state index in [0.717, 1.165) is 190 Å². The van der Waals surface area contributed by atoms with E-state index in [0.29, 0.717) is 74.6 Å². The van der Waals surface area contributed by atoms with E-state index < -0.39 is 0 Å². The van der Waals surface area contributed by atoms with Crippen molar-refractivity contribution in [1.29, 1.82) is 0 Å². The number of methoxy groups -OCH3 is 1. The summed E-state index contributed by atoms with van der Waals surface area (Å²) in [6.45, 7) is 37.6. The number of ether oxygens (including phenoxy) is 1. The van der Waals surface area contributed by atoms with Crippen LogP contribution in [-0.2, 0) is 19.2 Å². The summed E-state index contributed by atoms with van der Waals surface area (Å²) in [6.07, 6.45) is 11.9. The molecule has 8 aromatic carbocycles. The Kier molecular flexibility index (Phi) is 34.3. The molecule has 8 heterocycles. The van der Waals surface area contributed by atoms with Gasteiger partial charge in [0, 0.05) is 232 Å². The van der Waals surface area contributed by atoms with E-state index in [9.17, 15) is 23.6 Å². The molecule has 136 heavy (non-hydrogen) atoms. The van der Waals surface area contributed by atoms with Crippen LogP contribution in [0.25, 0.3) is 0 Å². The lowest BCUT2D eigenvalue weighted by molar-refractivity contribution is -0.112. The van der Waals surface area contributed by atoms with Gasteiger partial charge in [0.2, 0.25) is 47.4 Å². The lowest BCUT2D eigenvalue weighted by Crippen LogP contribution is -2.44. The van der Waals surface area contributed by atoms with Crippen LogP contribution in [0.4, 0.5) is 142 Å². The molecule has 0 unspecified atom stereocenters. The van der Waals surface area contributed by atoms with Crippen LogP contribution in [0.15, 0.2) is 251 Å². The smallest absolute Gasteiger partial charge is 0.247 e. The van der Waals surface area contributed by atoms with E-state index >= 15 is 0 Å². The SMILES string of the molecule is C=CC(=O)Nc1cccc(Nc2nc(Nc3ccc(N4CCN(C)CC4)cc3)ncc2C)c1.C=CC(=O)Nc1cccc(Nc2nc(Nc3ccc(N4CCN(C)CC4)cc3Cl)ncc2C)c1.C=CC(=O)Nc1cccc(Nc2nc(Nc3ccc(N4CCN(C)CC4)cc3F)ncc2C)c1.C=CC(=O)Nc1cccc(Nc2nc(Nc3ccc(N4CCN(C)CC4)cc3OC)ncc2C)c1. The first-order valence-electron chi connectivity index (χ1n) is 44.5. The Morgan fingerprint density at radius 3 is 0.912 bits per heavy atom. The highest BCUT2D eigenvalue weighted by Gasteiger charge is 2.23. The number of rotatable bonds is 29. The molecule has 0 bridgehead atoms. The average molecular weight is 1860 g/mol. The lowest BCUT2D eigenvalue weighted by Gasteiger charge is -2.34. The van der Waals surface area contributed by atoms with Gasteiger partial charge in [0.15, 0.2) is 0 Å². The predicted molar refractivity (Wildman–Crippen MR) is 551 cm³/mol. The quantitative estimate of drug-likeness (QED) is 0.0194. The second-order valence-electron chi connectivity index (χ2n) is 32.9. The van der Waals surface area contributed by atoms with Gasteiger partial charge in [-0.3, -0.25) is 19.2 Å². The fourth-order valence-corrected chi connectivity index (χ4v) is 14.8. The number of nitrogens with zero attached hydrogens (tertiary/aromatic N) is 16. The van der Waals surface area contributed by atoms with Gasteiger partial charge in [0.1, 0.15) is 34.8 Å². The van der Waals surface area contributed by atoms with Gasteiger partial charge >= 0.3 is 0 Å². The summed E-state index contributed by atoms with van der Waals surface area (Å²) in [5.74, 6) is 3.51. The number of aromatic nitrogens is 8. The maximum absolute atomic E-state index is 14.9. The normalized spacial score (nSPS) is 13.9. The van der Waals surface area contributed by atoms with Crippen molar-refractivity contribution in [2.45, 2.75) is 27.7 Å². The topological polar surface area (TPSA) is 351 Å². The minimum atomic E-state index is -0.360. The van der Waals surface area contributed by atoms with Gasteiger partial charge in [-0.1, -0.05) is 62.2 Å². The van der Waals surface area contributed by atoms with E-state index in [1.165, 1.54) is 30.0 Å². The number of piperazine rings is 4. The molecule has 33 nitrogen and oxygen atoms in total. The Morgan fingerprint density at radius 1 is 0.324 bits per heavy atom. The number of likely N-dealkylation sites (N-methyl/N-ethyl adjacent to an activating group) is 4. The molecule has 4 fully saturated rings. The van der Waals surface area contributed by atoms with Gasteiger partial charge in [-0.25, -0.2) is 24.3 Å². The number of aryl methyl sites for hydroxylation is 4. The average Bonchev–Trinajstić information content (AvgIpc) is 0.826. The van der Waals surface area contributed by atoms with Crippen molar-refractivity contribution in [3.8, 4) is 5.75 Å². The zero-order chi connectivity index (χ0) is 96.2. The van der Waals surface area contributed by atoms with E-state index in [1.807, 2.05) is 137 Å². The molecule has 4 aromatic heterocycles. The first-order valence-corrected chi connectivity index (χ1v) is 44.9. The van der Waals surface area contributed by atoms with Crippen LogP contribution in [0.2, 0.25) is 5.02 Å². The first kappa shape index (κ1) is 97.9. The molecule has 0 aliphatic carbocycles. The van der Waals surface area contributed by atoms with Crippen molar-refractivity contribution in [2.24, 2.45) is 0 Å². The molecule has 0 saturated carbocycles. The highest BCUT2D eigenvalue weighted by molar-refractivity contribution is 6.33. The maximum atomic E-state index is 14.9. The number of anilines is 24. The molecule has 16 rings (SSSR count). The predicted octanol–water partition coefficient (Wildman–Crippen LogP) is 17.4. The Bertz CT molecular complexity index is 6010. The minimum absolute atomic E-state index is 0.254. The third kappa shape index (κ3) is 28.5. The summed E-state index contributed by atoms with van der Waals surface area (Å²) in [4.78, 5) is 101. The first-order chi connectivity index (χ1) is 65.8. The summed E-state index contributed by atoms with van der Waals surface area (Å²) in [7, 11) is 10.2. The number of carbonyl (C=O) groups excluding carboxylic acids is 4. The third-order valence-corrected chi connectivity index (χ3v) is 22.9. The van der Waals surface area contributed by atoms with Gasteiger partial charge in [0.25, 0.3) is 0 Å². The van der Waals surface area contributed by atoms with Crippen LogP contribution in [-0.4, -0.2) is 223 Å². The number of hydrogen-bond acceptors (Lipinski definition) is 29. The molecule has 4 aliphatic rings. The number of benzene rings is 8. The Balaban J connectivity index is 0.000000153. The summed E-state index contributed by atoms with van der Waals surface area (Å²) >= 11 is 6.59. The molecular formula is C101H116ClFN28O5. The Labute approximate surface area is 797 Å². The monoisotopic (exact) mass is 1850 g/mol. The van der Waals surface area contributed by atoms with Crippen LogP contribution >= 0.6 is 11.6 Å². The van der Waals surface area contributed by atoms with Crippen LogP contribution < -0.4 is 88.1 Å². The molecule has 35 heteroatoms. The Morgan fingerprint density at radius 2 is 0.596 bits per heavy atom. The molecule has 4 aliphatic heterocycles. The van der Waals surface area contributed by atoms with Crippen molar-refractivity contribution in [3.63, 3.8) is 0 Å². The molecule has 4 saturated heterocycles. The second-order valence-corrected chi connectivity index (χ2v) is 33.3. The van der Waals surface area contributed by atoms with Crippen molar-refractivity contribution in [1.82, 2.24) is 59.5 Å². The highest BCUT2D eigenvalue weighted by Crippen LogP contribution is 2.37. The molecule has 0 spiro atoms. The minimum Gasteiger partial charge on any atom is -0.494 e. The van der Waals surface area contributed by atoms with Gasteiger partial charge in [-0.15, -0.1) is 0 Å². The van der Waals surface area contributed by atoms with E-state index in [4.69, 9.17) is 16.3 Å². The van der Waals surface area contributed by atoms with E-state index in [-0.39, 0.29) is 35.4 Å². The number of carbonyl (C=O) groups is 4. The Hall–Kier alpha value is -15.6. The van der Waals surface area contributed by atoms with Gasteiger partial charge in [-0.2, -0.15) is 19.9 Å². The number of amides is 4. The van der Waals surface area contributed by atoms with Crippen molar-refractivity contribution >= 4 is 173 Å². The second kappa shape index (κ2) is 47.6. The van der Waals surface area contributed by atoms with Gasteiger partial charge in [-0.05, 0) is 226 Å². The number of halogens is 2. The third-order valence-electron chi connectivity index (χ3n) is 22.6. The van der Waals surface area contributed by atoms with Crippen molar-refractivity contribution < 1.29 is 28.3 Å². The van der Waals surface area contributed by atoms with Gasteiger partial charge in [0.05, 0.1) is 29.2 Å². The molecular weight excluding hydrogens is 1740 g/mol. The summed E-state index contributed by atoms with van der Waals surface area (Å²) < 4.78 is 20.5. The summed E-state index contributed by atoms with van der Waals surface area (Å²) in [5, 5.41) is 37.5. The van der Waals surface area contributed by atoms with Crippen LogP contribution in [0, 0.1) is 33.5 Å². The van der Waals surface area contributed by atoms with Crippen LogP contribution in [0.3, 0.4) is 0 Å². The van der Waals surface area contributed by atoms with Crippen molar-refractivity contribution in [3.05, 3.63) is 284 Å². The van der Waals surface area contributed by atoms with E-state index in [1.54, 1.807) is 62.2 Å². The van der Waals surface area contributed by atoms with Gasteiger partial charge < -0.3 is 108 Å². The van der Waals surface area contributed by atoms with E-state index in [2.05, 4.69) is 234 Å². The fraction of sp³-hybridized carbons (Fsp3) is 0.248. The number of nitrogens with one attached hydrogen (secondary N) is 12. The zero-order valence-corrected chi connectivity index (χ0v) is 78.7. The molecule has 12 N–H and O–H groups in total. The van der Waals surface area contributed by atoms with Crippen LogP contribution in [0.5, 0.6) is 5.75 Å². The van der Waals surface area contributed by atoms with Crippen molar-refractivity contribution in [2.75, 3.05) is 223 Å². The highest BCUT2D eigenvalue weighted by atomic mass is 35.5. The number of hydrogen-bond donors (Lipinski definition) is 12. The molecule has 704 valence electrons. The molecule has 12 aromatic rings. The summed E-state index contributed by atoms with van der Waals surface area (Å²) in [5.41, 5.74) is 16.3. The standard InChI is InChI=1S/C26H31N7O2.C25H28ClN7O.C25H28FN7O.C25H29N7O/c1-5-24(34)28-19-7-6-8-20(15-19)29-25-18(2)17-27-26(31-25)30-22-10-9-21(16-23(22)35-4)33-13-11-32(3)12-14-33;2*1-4-23(34)28-18-6-5-7-19(14-18)29-24-17(2)16-27-25(31-24)30-22-9-8-20(15-21(22)26)33-12-10-32(3)11-13-33;1-4-23(33)27-20-6-5-7-21(16-20)28-24-18(2)17-26-25(30-24)29-19-8-10-22(11-9-19)32-14-12-31(3)13-15-32/h5-10,15-17H,1,11-14H2,2-4H3,(H,28,34)(H2,27,29,30,31);2*4-9,14-16H,1,10-13H2,2-3H3,(H,28,34)(H2,27,29,30,31);4-11,16-17H,1,12-15H2,2-3H3,(H,27,33)(H2,26,28,29,30). The molecule has 0 radical (unpaired) electrons. The summed E-state index contributed by atoms with van der Waals surface area (Å²) in [6, 6.07) is 55.1. The maximum Gasteiger partial charge on any atom is 0.247 e. The molecule has 4 amide bonds. The lowest BCUT2D eigenvalue weighted by atomic mass is 10.2.